The Morgan fingerprint density at radius 3 is 2.44 bits per heavy atom. The van der Waals surface area contributed by atoms with Crippen molar-refractivity contribution in [1.29, 1.82) is 0 Å². The van der Waals surface area contributed by atoms with Crippen LogP contribution in [0.25, 0.3) is 0 Å². The molecule has 1 fully saturated rings. The standard InChI is InChI=1S/C23H24ClF3N2O3/c24-19-10-16(11-20-21(19)32-9-1-8-31-20)13-29(18-6-7-18)12-15-2-4-17(5-3-15)22(30)28-14-23(25,26)27/h2-5,10-11,18H,1,6-9,12-14H2,(H,28,30). The number of nitrogens with one attached hydrogen (secondary N) is 1. The molecule has 0 spiro atoms. The molecule has 9 heteroatoms. The molecule has 4 rings (SSSR count). The van der Waals surface area contributed by atoms with E-state index in [0.29, 0.717) is 48.9 Å². The van der Waals surface area contributed by atoms with E-state index < -0.39 is 18.6 Å². The number of fused-ring (bicyclic) bond motifs is 1. The lowest BCUT2D eigenvalue weighted by Gasteiger charge is -2.23. The zero-order valence-corrected chi connectivity index (χ0v) is 18.1. The predicted molar refractivity (Wildman–Crippen MR) is 114 cm³/mol. The molecule has 1 aliphatic heterocycles. The first-order valence-corrected chi connectivity index (χ1v) is 10.9. The molecule has 5 nitrogen and oxygen atoms in total. The van der Waals surface area contributed by atoms with Gasteiger partial charge >= 0.3 is 6.18 Å². The smallest absolute Gasteiger partial charge is 0.405 e. The Morgan fingerprint density at radius 1 is 1.06 bits per heavy atom. The van der Waals surface area contributed by atoms with Crippen molar-refractivity contribution in [3.63, 3.8) is 0 Å². The summed E-state index contributed by atoms with van der Waals surface area (Å²) < 4.78 is 48.4. The van der Waals surface area contributed by atoms with Crippen LogP contribution in [0.15, 0.2) is 36.4 Å². The zero-order valence-electron chi connectivity index (χ0n) is 17.4. The van der Waals surface area contributed by atoms with Crippen LogP contribution in [0.4, 0.5) is 13.2 Å². The van der Waals surface area contributed by atoms with Gasteiger partial charge in [0.2, 0.25) is 0 Å². The number of ether oxygens (including phenoxy) is 2. The van der Waals surface area contributed by atoms with Crippen LogP contribution >= 0.6 is 11.6 Å². The molecular formula is C23H24ClF3N2O3. The Morgan fingerprint density at radius 2 is 1.75 bits per heavy atom. The first-order valence-electron chi connectivity index (χ1n) is 10.5. The number of benzene rings is 2. The van der Waals surface area contributed by atoms with Gasteiger partial charge in [-0.25, -0.2) is 0 Å². The number of rotatable bonds is 7. The third-order valence-corrected chi connectivity index (χ3v) is 5.64. The van der Waals surface area contributed by atoms with Gasteiger partial charge < -0.3 is 14.8 Å². The first-order chi connectivity index (χ1) is 15.3. The molecule has 0 aromatic heterocycles. The van der Waals surface area contributed by atoms with Crippen LogP contribution in [0.1, 0.15) is 40.7 Å². The van der Waals surface area contributed by atoms with Crippen molar-refractivity contribution in [2.24, 2.45) is 0 Å². The minimum Gasteiger partial charge on any atom is -0.489 e. The lowest BCUT2D eigenvalue weighted by molar-refractivity contribution is -0.123. The maximum Gasteiger partial charge on any atom is 0.405 e. The molecule has 1 N–H and O–H groups in total. The van der Waals surface area contributed by atoms with E-state index in [1.165, 1.54) is 0 Å². The second-order valence-electron chi connectivity index (χ2n) is 8.09. The summed E-state index contributed by atoms with van der Waals surface area (Å²) in [5.41, 5.74) is 2.20. The lowest BCUT2D eigenvalue weighted by Crippen LogP contribution is -2.33. The summed E-state index contributed by atoms with van der Waals surface area (Å²) in [6, 6.07) is 11.0. The Hall–Kier alpha value is -2.45. The fraction of sp³-hybridized carbons (Fsp3) is 0.435. The van der Waals surface area contributed by atoms with Crippen LogP contribution in [0.3, 0.4) is 0 Å². The molecule has 0 atom stereocenters. The highest BCUT2D eigenvalue weighted by Crippen LogP contribution is 2.39. The Kier molecular flexibility index (Phi) is 6.81. The number of hydrogen-bond donors (Lipinski definition) is 1. The van der Waals surface area contributed by atoms with Gasteiger partial charge in [0.15, 0.2) is 11.5 Å². The van der Waals surface area contributed by atoms with Crippen LogP contribution < -0.4 is 14.8 Å². The molecule has 32 heavy (non-hydrogen) atoms. The normalized spacial score (nSPS) is 16.0. The molecule has 0 saturated heterocycles. The number of alkyl halides is 3. The largest absolute Gasteiger partial charge is 0.489 e. The summed E-state index contributed by atoms with van der Waals surface area (Å²) in [7, 11) is 0. The molecule has 1 saturated carbocycles. The van der Waals surface area contributed by atoms with Crippen molar-refractivity contribution in [3.05, 3.63) is 58.1 Å². The molecule has 0 unspecified atom stereocenters. The van der Waals surface area contributed by atoms with Crippen molar-refractivity contribution in [2.75, 3.05) is 19.8 Å². The fourth-order valence-electron chi connectivity index (χ4n) is 3.64. The van der Waals surface area contributed by atoms with Crippen molar-refractivity contribution in [2.45, 2.75) is 44.6 Å². The second-order valence-corrected chi connectivity index (χ2v) is 8.49. The molecular weight excluding hydrogens is 445 g/mol. The van der Waals surface area contributed by atoms with Crippen LogP contribution in [0, 0.1) is 0 Å². The molecule has 0 bridgehead atoms. The average molecular weight is 469 g/mol. The zero-order chi connectivity index (χ0) is 22.7. The summed E-state index contributed by atoms with van der Waals surface area (Å²) in [5, 5.41) is 2.42. The third-order valence-electron chi connectivity index (χ3n) is 5.36. The summed E-state index contributed by atoms with van der Waals surface area (Å²) in [6.07, 6.45) is -1.42. The maximum atomic E-state index is 12.3. The highest BCUT2D eigenvalue weighted by atomic mass is 35.5. The van der Waals surface area contributed by atoms with E-state index in [1.807, 2.05) is 17.4 Å². The SMILES string of the molecule is O=C(NCC(F)(F)F)c1ccc(CN(Cc2cc(Cl)c3c(c2)OCCCO3)C2CC2)cc1. The van der Waals surface area contributed by atoms with Gasteiger partial charge in [0, 0.05) is 31.1 Å². The highest BCUT2D eigenvalue weighted by molar-refractivity contribution is 6.32. The van der Waals surface area contributed by atoms with Crippen LogP contribution in [0.5, 0.6) is 11.5 Å². The van der Waals surface area contributed by atoms with Crippen LogP contribution in [-0.4, -0.2) is 42.8 Å². The van der Waals surface area contributed by atoms with E-state index >= 15 is 0 Å². The third kappa shape index (κ3) is 6.07. The topological polar surface area (TPSA) is 50.8 Å². The predicted octanol–water partition coefficient (Wildman–Crippen LogP) is 4.96. The maximum absolute atomic E-state index is 12.3. The van der Waals surface area contributed by atoms with Crippen LogP contribution in [0.2, 0.25) is 5.02 Å². The van der Waals surface area contributed by atoms with E-state index in [4.69, 9.17) is 21.1 Å². The number of halogens is 4. The number of carbonyl (C=O) groups is 1. The molecule has 2 aliphatic rings. The van der Waals surface area contributed by atoms with E-state index in [1.54, 1.807) is 24.3 Å². The monoisotopic (exact) mass is 468 g/mol. The average Bonchev–Trinajstić information content (AvgIpc) is 3.59. The summed E-state index contributed by atoms with van der Waals surface area (Å²) in [4.78, 5) is 14.2. The van der Waals surface area contributed by atoms with Crippen molar-refractivity contribution >= 4 is 17.5 Å². The van der Waals surface area contributed by atoms with E-state index in [9.17, 15) is 18.0 Å². The molecule has 1 heterocycles. The molecule has 172 valence electrons. The second kappa shape index (κ2) is 9.58. The Balaban J connectivity index is 1.42. The summed E-state index contributed by atoms with van der Waals surface area (Å²) in [6.45, 7) is 1.14. The lowest BCUT2D eigenvalue weighted by atomic mass is 10.1. The van der Waals surface area contributed by atoms with Crippen molar-refractivity contribution in [1.82, 2.24) is 10.2 Å². The minimum atomic E-state index is -4.43. The van der Waals surface area contributed by atoms with Gasteiger partial charge in [-0.15, -0.1) is 0 Å². The quantitative estimate of drug-likeness (QED) is 0.624. The highest BCUT2D eigenvalue weighted by Gasteiger charge is 2.30. The van der Waals surface area contributed by atoms with E-state index in [0.717, 1.165) is 30.4 Å². The van der Waals surface area contributed by atoms with E-state index in [-0.39, 0.29) is 5.56 Å². The number of nitrogens with zero attached hydrogens (tertiary/aromatic N) is 1. The van der Waals surface area contributed by atoms with E-state index in [2.05, 4.69) is 4.90 Å². The molecule has 2 aromatic rings. The Bertz CT molecular complexity index is 962. The van der Waals surface area contributed by atoms with Gasteiger partial charge in [0.05, 0.1) is 18.2 Å². The molecule has 0 radical (unpaired) electrons. The van der Waals surface area contributed by atoms with Crippen molar-refractivity contribution in [3.8, 4) is 11.5 Å². The Labute approximate surface area is 189 Å². The van der Waals surface area contributed by atoms with Gasteiger partial charge in [0.25, 0.3) is 5.91 Å². The van der Waals surface area contributed by atoms with Gasteiger partial charge in [-0.3, -0.25) is 9.69 Å². The van der Waals surface area contributed by atoms with Gasteiger partial charge in [-0.05, 0) is 48.2 Å². The van der Waals surface area contributed by atoms with Crippen LogP contribution in [-0.2, 0) is 13.1 Å². The molecule has 1 aliphatic carbocycles. The fourth-order valence-corrected chi connectivity index (χ4v) is 3.93. The summed E-state index contributed by atoms with van der Waals surface area (Å²) >= 11 is 6.43. The van der Waals surface area contributed by atoms with Crippen molar-refractivity contribution < 1.29 is 27.4 Å². The minimum absolute atomic E-state index is 0.200. The van der Waals surface area contributed by atoms with Gasteiger partial charge in [-0.2, -0.15) is 13.2 Å². The van der Waals surface area contributed by atoms with Gasteiger partial charge in [-0.1, -0.05) is 23.7 Å². The molecule has 2 aromatic carbocycles. The number of carbonyl (C=O) groups excluding carboxylic acids is 1. The first kappa shape index (κ1) is 22.7. The van der Waals surface area contributed by atoms with Gasteiger partial charge in [0.1, 0.15) is 6.54 Å². The molecule has 1 amide bonds. The summed E-state index contributed by atoms with van der Waals surface area (Å²) in [5.74, 6) is 0.509. The number of hydrogen-bond acceptors (Lipinski definition) is 4. The number of amides is 1.